The summed E-state index contributed by atoms with van der Waals surface area (Å²) in [4.78, 5) is 0. The highest BCUT2D eigenvalue weighted by atomic mass is 16.5. The zero-order chi connectivity index (χ0) is 8.81. The molecule has 2 unspecified atom stereocenters. The van der Waals surface area contributed by atoms with E-state index in [1.807, 2.05) is 6.92 Å². The molecule has 0 aromatic rings. The van der Waals surface area contributed by atoms with Gasteiger partial charge in [-0.2, -0.15) is 0 Å². The first-order valence-corrected chi connectivity index (χ1v) is 4.81. The molecule has 2 atom stereocenters. The van der Waals surface area contributed by atoms with Crippen LogP contribution in [0.5, 0.6) is 0 Å². The van der Waals surface area contributed by atoms with E-state index >= 15 is 0 Å². The van der Waals surface area contributed by atoms with Crippen molar-refractivity contribution < 1.29 is 9.47 Å². The van der Waals surface area contributed by atoms with Gasteiger partial charge in [0.05, 0.1) is 12.7 Å². The number of likely N-dealkylation sites (N-methyl/N-ethyl adjacent to an activating group) is 1. The summed E-state index contributed by atoms with van der Waals surface area (Å²) < 4.78 is 10.9. The van der Waals surface area contributed by atoms with Crippen LogP contribution in [0.2, 0.25) is 0 Å². The summed E-state index contributed by atoms with van der Waals surface area (Å²) in [7, 11) is 0. The quantitative estimate of drug-likeness (QED) is 0.682. The molecule has 0 bridgehead atoms. The van der Waals surface area contributed by atoms with Crippen LogP contribution in [0.1, 0.15) is 20.3 Å². The number of hydrogen-bond acceptors (Lipinski definition) is 3. The Kier molecular flexibility index (Phi) is 4.58. The molecule has 0 aromatic carbocycles. The van der Waals surface area contributed by atoms with Crippen LogP contribution in [0.25, 0.3) is 0 Å². The predicted molar refractivity (Wildman–Crippen MR) is 48.3 cm³/mol. The molecular weight excluding hydrogens is 154 g/mol. The third kappa shape index (κ3) is 2.73. The summed E-state index contributed by atoms with van der Waals surface area (Å²) in [5.74, 6) is 0. The molecule has 3 heteroatoms. The van der Waals surface area contributed by atoms with E-state index in [0.29, 0.717) is 6.04 Å². The lowest BCUT2D eigenvalue weighted by Crippen LogP contribution is -2.47. The maximum Gasteiger partial charge on any atom is 0.0961 e. The minimum Gasteiger partial charge on any atom is -0.379 e. The van der Waals surface area contributed by atoms with E-state index < -0.39 is 0 Å². The van der Waals surface area contributed by atoms with Crippen molar-refractivity contribution >= 4 is 0 Å². The summed E-state index contributed by atoms with van der Waals surface area (Å²) >= 11 is 0. The lowest BCUT2D eigenvalue weighted by atomic mass is 10.1. The Bertz CT molecular complexity index is 101. The largest absolute Gasteiger partial charge is 0.379 e. The van der Waals surface area contributed by atoms with Crippen molar-refractivity contribution in [1.29, 1.82) is 0 Å². The Hall–Kier alpha value is -0.120. The Balaban J connectivity index is 2.31. The smallest absolute Gasteiger partial charge is 0.0961 e. The van der Waals surface area contributed by atoms with E-state index in [0.717, 1.165) is 32.8 Å². The van der Waals surface area contributed by atoms with Gasteiger partial charge in [0.2, 0.25) is 0 Å². The van der Waals surface area contributed by atoms with Crippen LogP contribution in [0.15, 0.2) is 0 Å². The molecule has 0 spiro atoms. The van der Waals surface area contributed by atoms with Crippen molar-refractivity contribution in [3.05, 3.63) is 0 Å². The summed E-state index contributed by atoms with van der Waals surface area (Å²) in [6.45, 7) is 7.53. The van der Waals surface area contributed by atoms with Crippen molar-refractivity contribution in [2.75, 3.05) is 26.4 Å². The van der Waals surface area contributed by atoms with Crippen molar-refractivity contribution in [1.82, 2.24) is 5.32 Å². The minimum absolute atomic E-state index is 0.253. The van der Waals surface area contributed by atoms with E-state index in [1.165, 1.54) is 0 Å². The van der Waals surface area contributed by atoms with Gasteiger partial charge in [0.25, 0.3) is 0 Å². The Morgan fingerprint density at radius 2 is 2.33 bits per heavy atom. The van der Waals surface area contributed by atoms with E-state index in [1.54, 1.807) is 0 Å². The maximum atomic E-state index is 5.56. The highest BCUT2D eigenvalue weighted by Crippen LogP contribution is 2.10. The molecule has 1 rings (SSSR count). The second-order valence-corrected chi connectivity index (χ2v) is 3.02. The first-order valence-electron chi connectivity index (χ1n) is 4.81. The normalized spacial score (nSPS) is 30.5. The average Bonchev–Trinajstić information content (AvgIpc) is 2.09. The Morgan fingerprint density at radius 3 is 3.00 bits per heavy atom. The molecule has 1 aliphatic rings. The number of hydrogen-bond donors (Lipinski definition) is 1. The van der Waals surface area contributed by atoms with Gasteiger partial charge in [0.15, 0.2) is 0 Å². The molecule has 12 heavy (non-hydrogen) atoms. The molecule has 1 fully saturated rings. The first kappa shape index (κ1) is 9.96. The van der Waals surface area contributed by atoms with Crippen LogP contribution in [0, 0.1) is 0 Å². The number of ether oxygens (including phenoxy) is 2. The molecule has 1 aliphatic heterocycles. The monoisotopic (exact) mass is 173 g/mol. The highest BCUT2D eigenvalue weighted by molar-refractivity contribution is 4.79. The van der Waals surface area contributed by atoms with E-state index in [2.05, 4.69) is 12.2 Å². The molecule has 0 radical (unpaired) electrons. The minimum atomic E-state index is 0.253. The van der Waals surface area contributed by atoms with E-state index in [-0.39, 0.29) is 6.10 Å². The van der Waals surface area contributed by atoms with Gasteiger partial charge < -0.3 is 14.8 Å². The third-order valence-electron chi connectivity index (χ3n) is 2.15. The van der Waals surface area contributed by atoms with Gasteiger partial charge in [0, 0.05) is 19.3 Å². The van der Waals surface area contributed by atoms with Crippen molar-refractivity contribution in [3.63, 3.8) is 0 Å². The lowest BCUT2D eigenvalue weighted by Gasteiger charge is -2.31. The molecule has 72 valence electrons. The first-order chi connectivity index (χ1) is 5.88. The van der Waals surface area contributed by atoms with Gasteiger partial charge >= 0.3 is 0 Å². The van der Waals surface area contributed by atoms with Crippen LogP contribution >= 0.6 is 0 Å². The Labute approximate surface area is 74.4 Å². The summed E-state index contributed by atoms with van der Waals surface area (Å²) in [6, 6.07) is 0.490. The molecule has 1 saturated heterocycles. The molecule has 3 nitrogen and oxygen atoms in total. The average molecular weight is 173 g/mol. The van der Waals surface area contributed by atoms with Crippen LogP contribution in [0.4, 0.5) is 0 Å². The number of nitrogens with one attached hydrogen (secondary N) is 1. The maximum absolute atomic E-state index is 5.56. The van der Waals surface area contributed by atoms with Crippen LogP contribution in [-0.4, -0.2) is 38.5 Å². The van der Waals surface area contributed by atoms with Crippen molar-refractivity contribution in [2.24, 2.45) is 0 Å². The molecule has 0 amide bonds. The van der Waals surface area contributed by atoms with E-state index in [4.69, 9.17) is 9.47 Å². The highest BCUT2D eigenvalue weighted by Gasteiger charge is 2.24. The van der Waals surface area contributed by atoms with Gasteiger partial charge in [-0.1, -0.05) is 6.92 Å². The molecule has 1 heterocycles. The zero-order valence-electron chi connectivity index (χ0n) is 8.01. The predicted octanol–water partition coefficient (Wildman–Crippen LogP) is 0.790. The van der Waals surface area contributed by atoms with Gasteiger partial charge in [-0.3, -0.25) is 0 Å². The fourth-order valence-electron chi connectivity index (χ4n) is 1.59. The summed E-state index contributed by atoms with van der Waals surface area (Å²) in [6.07, 6.45) is 1.32. The van der Waals surface area contributed by atoms with Gasteiger partial charge in [-0.25, -0.2) is 0 Å². The second kappa shape index (κ2) is 5.51. The van der Waals surface area contributed by atoms with Crippen LogP contribution in [-0.2, 0) is 9.47 Å². The number of rotatable bonds is 4. The van der Waals surface area contributed by atoms with Crippen molar-refractivity contribution in [2.45, 2.75) is 32.4 Å². The van der Waals surface area contributed by atoms with Gasteiger partial charge in [0.1, 0.15) is 0 Å². The van der Waals surface area contributed by atoms with Gasteiger partial charge in [-0.05, 0) is 19.9 Å². The molecule has 0 aromatic heterocycles. The SMILES string of the molecule is CCNC1CCOCC1OCC. The zero-order valence-corrected chi connectivity index (χ0v) is 8.01. The van der Waals surface area contributed by atoms with Gasteiger partial charge in [-0.15, -0.1) is 0 Å². The van der Waals surface area contributed by atoms with Crippen LogP contribution in [0.3, 0.4) is 0 Å². The summed E-state index contributed by atoms with van der Waals surface area (Å²) in [5.41, 5.74) is 0. The molecule has 0 aliphatic carbocycles. The third-order valence-corrected chi connectivity index (χ3v) is 2.15. The summed E-state index contributed by atoms with van der Waals surface area (Å²) in [5, 5.41) is 3.41. The second-order valence-electron chi connectivity index (χ2n) is 3.02. The molecule has 1 N–H and O–H groups in total. The fraction of sp³-hybridized carbons (Fsp3) is 1.00. The van der Waals surface area contributed by atoms with Crippen molar-refractivity contribution in [3.8, 4) is 0 Å². The molecular formula is C9H19NO2. The topological polar surface area (TPSA) is 30.5 Å². The van der Waals surface area contributed by atoms with E-state index in [9.17, 15) is 0 Å². The Morgan fingerprint density at radius 1 is 1.50 bits per heavy atom. The fourth-order valence-corrected chi connectivity index (χ4v) is 1.59. The standard InChI is InChI=1S/C9H19NO2/c1-3-10-8-5-6-11-7-9(8)12-4-2/h8-10H,3-7H2,1-2H3. The lowest BCUT2D eigenvalue weighted by molar-refractivity contribution is -0.0647. The molecule has 0 saturated carbocycles. The van der Waals surface area contributed by atoms with Crippen LogP contribution < -0.4 is 5.32 Å².